The molecule has 1 atom stereocenters. The van der Waals surface area contributed by atoms with Gasteiger partial charge in [-0.15, -0.1) is 0 Å². The van der Waals surface area contributed by atoms with Crippen LogP contribution in [0.5, 0.6) is 0 Å². The second kappa shape index (κ2) is 3.81. The van der Waals surface area contributed by atoms with Crippen LogP contribution in [-0.2, 0) is 4.79 Å². The van der Waals surface area contributed by atoms with Crippen LogP contribution in [-0.4, -0.2) is 16.1 Å². The smallest absolute Gasteiger partial charge is 0.311 e. The number of rotatable bonds is 3. The third-order valence-corrected chi connectivity index (χ3v) is 3.98. The maximum Gasteiger partial charge on any atom is 0.311 e. The Labute approximate surface area is 104 Å². The molecule has 1 aromatic carbocycles. The Bertz CT molecular complexity index is 601. The molecule has 5 heteroatoms. The summed E-state index contributed by atoms with van der Waals surface area (Å²) in [4.78, 5) is 15.4. The van der Waals surface area contributed by atoms with Crippen LogP contribution in [0.4, 0.5) is 0 Å². The van der Waals surface area contributed by atoms with Gasteiger partial charge in [0.2, 0.25) is 0 Å². The van der Waals surface area contributed by atoms with Gasteiger partial charge in [0, 0.05) is 6.04 Å². The highest BCUT2D eigenvalue weighted by Crippen LogP contribution is 2.49. The molecule has 0 aliphatic heterocycles. The zero-order valence-corrected chi connectivity index (χ0v) is 9.80. The first-order chi connectivity index (χ1) is 8.63. The van der Waals surface area contributed by atoms with Crippen molar-refractivity contribution in [3.8, 4) is 0 Å². The molecule has 0 amide bonds. The Balaban J connectivity index is 2.00. The Hall–Kier alpha value is -1.88. The summed E-state index contributed by atoms with van der Waals surface area (Å²) in [6.45, 7) is 0. The van der Waals surface area contributed by atoms with Crippen molar-refractivity contribution >= 4 is 17.1 Å². The molecule has 0 bridgehead atoms. The zero-order valence-electron chi connectivity index (χ0n) is 9.80. The number of hydrogen-bond donors (Lipinski definition) is 2. The van der Waals surface area contributed by atoms with E-state index >= 15 is 0 Å². The molecule has 1 aliphatic carbocycles. The van der Waals surface area contributed by atoms with Crippen LogP contribution in [0, 0.1) is 5.41 Å². The number of nitrogens with two attached hydrogens (primary N) is 1. The molecular weight excluding hydrogens is 232 g/mol. The van der Waals surface area contributed by atoms with Gasteiger partial charge in [0.25, 0.3) is 0 Å². The lowest BCUT2D eigenvalue weighted by Gasteiger charge is -2.42. The number of aromatic nitrogens is 1. The van der Waals surface area contributed by atoms with E-state index in [1.54, 1.807) is 6.07 Å². The van der Waals surface area contributed by atoms with E-state index in [4.69, 9.17) is 10.2 Å². The van der Waals surface area contributed by atoms with Crippen LogP contribution < -0.4 is 5.73 Å². The highest BCUT2D eigenvalue weighted by molar-refractivity contribution is 5.78. The van der Waals surface area contributed by atoms with Crippen LogP contribution >= 0.6 is 0 Å². The first kappa shape index (κ1) is 11.2. The van der Waals surface area contributed by atoms with Crippen LogP contribution in [0.25, 0.3) is 11.1 Å². The van der Waals surface area contributed by atoms with Gasteiger partial charge < -0.3 is 15.3 Å². The van der Waals surface area contributed by atoms with Gasteiger partial charge in [0.05, 0.1) is 5.41 Å². The Morgan fingerprint density at radius 3 is 2.89 bits per heavy atom. The van der Waals surface area contributed by atoms with E-state index in [0.29, 0.717) is 18.4 Å². The van der Waals surface area contributed by atoms with E-state index in [9.17, 15) is 9.90 Å². The van der Waals surface area contributed by atoms with E-state index in [0.717, 1.165) is 17.5 Å². The van der Waals surface area contributed by atoms with Gasteiger partial charge >= 0.3 is 5.97 Å². The first-order valence-electron chi connectivity index (χ1n) is 5.96. The molecule has 2 aromatic rings. The minimum atomic E-state index is -0.812. The first-order valence-corrected chi connectivity index (χ1v) is 5.96. The van der Waals surface area contributed by atoms with Crippen LogP contribution in [0.3, 0.4) is 0 Å². The van der Waals surface area contributed by atoms with E-state index in [2.05, 4.69) is 4.98 Å². The van der Waals surface area contributed by atoms with Crippen molar-refractivity contribution in [2.45, 2.75) is 25.3 Å². The summed E-state index contributed by atoms with van der Waals surface area (Å²) in [6, 6.07) is 4.93. The van der Waals surface area contributed by atoms with Gasteiger partial charge in [-0.05, 0) is 30.5 Å². The fourth-order valence-corrected chi connectivity index (χ4v) is 2.60. The number of fused-ring (bicyclic) bond motifs is 1. The van der Waals surface area contributed by atoms with Gasteiger partial charge in [-0.1, -0.05) is 12.5 Å². The summed E-state index contributed by atoms with van der Waals surface area (Å²) in [5, 5.41) is 9.37. The van der Waals surface area contributed by atoms with Crippen molar-refractivity contribution < 1.29 is 14.3 Å². The van der Waals surface area contributed by atoms with Gasteiger partial charge in [-0.25, -0.2) is 4.98 Å². The number of carbonyl (C=O) groups is 1. The normalized spacial score (nSPS) is 19.4. The standard InChI is InChI=1S/C13H14N2O3/c14-11(13(12(16)17)4-1-5-13)8-2-3-9-10(6-8)18-7-15-9/h2-3,6-7,11H,1,4-5,14H2,(H,16,17). The van der Waals surface area contributed by atoms with E-state index in [1.807, 2.05) is 12.1 Å². The lowest BCUT2D eigenvalue weighted by atomic mass is 9.62. The van der Waals surface area contributed by atoms with Crippen molar-refractivity contribution in [1.29, 1.82) is 0 Å². The van der Waals surface area contributed by atoms with Crippen molar-refractivity contribution in [3.63, 3.8) is 0 Å². The minimum absolute atomic E-state index is 0.502. The molecular formula is C13H14N2O3. The van der Waals surface area contributed by atoms with Crippen molar-refractivity contribution in [1.82, 2.24) is 4.98 Å². The maximum atomic E-state index is 11.4. The number of hydrogen-bond acceptors (Lipinski definition) is 4. The molecule has 3 rings (SSSR count). The molecule has 0 saturated heterocycles. The monoisotopic (exact) mass is 246 g/mol. The molecule has 1 unspecified atom stereocenters. The highest BCUT2D eigenvalue weighted by atomic mass is 16.4. The Morgan fingerprint density at radius 2 is 2.28 bits per heavy atom. The molecule has 0 spiro atoms. The molecule has 1 heterocycles. The number of oxazole rings is 1. The lowest BCUT2D eigenvalue weighted by molar-refractivity contribution is -0.156. The summed E-state index contributed by atoms with van der Waals surface area (Å²) in [7, 11) is 0. The van der Waals surface area contributed by atoms with Crippen molar-refractivity contribution in [2.24, 2.45) is 11.1 Å². The van der Waals surface area contributed by atoms with Gasteiger partial charge in [0.15, 0.2) is 12.0 Å². The minimum Gasteiger partial charge on any atom is -0.481 e. The van der Waals surface area contributed by atoms with Crippen LogP contribution in [0.2, 0.25) is 0 Å². The summed E-state index contributed by atoms with van der Waals surface area (Å²) < 4.78 is 5.22. The Kier molecular flexibility index (Phi) is 2.38. The lowest BCUT2D eigenvalue weighted by Crippen LogP contribution is -2.46. The summed E-state index contributed by atoms with van der Waals surface area (Å²) in [5.74, 6) is -0.807. The average molecular weight is 246 g/mol. The molecule has 94 valence electrons. The second-order valence-corrected chi connectivity index (χ2v) is 4.87. The second-order valence-electron chi connectivity index (χ2n) is 4.87. The maximum absolute atomic E-state index is 11.4. The number of benzene rings is 1. The fraction of sp³-hybridized carbons (Fsp3) is 0.385. The predicted molar refractivity (Wildman–Crippen MR) is 64.9 cm³/mol. The quantitative estimate of drug-likeness (QED) is 0.865. The summed E-state index contributed by atoms with van der Waals surface area (Å²) >= 11 is 0. The van der Waals surface area contributed by atoms with Crippen molar-refractivity contribution in [3.05, 3.63) is 30.2 Å². The molecule has 1 aromatic heterocycles. The zero-order chi connectivity index (χ0) is 12.8. The predicted octanol–water partition coefficient (Wildman–Crippen LogP) is 2.08. The van der Waals surface area contributed by atoms with Gasteiger partial charge in [-0.3, -0.25) is 4.79 Å². The summed E-state index contributed by atoms with van der Waals surface area (Å²) in [5.41, 5.74) is 7.53. The Morgan fingerprint density at radius 1 is 1.50 bits per heavy atom. The number of nitrogens with zero attached hydrogens (tertiary/aromatic N) is 1. The molecule has 5 nitrogen and oxygen atoms in total. The molecule has 3 N–H and O–H groups in total. The molecule has 1 fully saturated rings. The van der Waals surface area contributed by atoms with E-state index in [1.165, 1.54) is 6.39 Å². The number of carboxylic acids is 1. The average Bonchev–Trinajstić information content (AvgIpc) is 2.73. The fourth-order valence-electron chi connectivity index (χ4n) is 2.60. The third-order valence-electron chi connectivity index (χ3n) is 3.98. The number of carboxylic acid groups (broad SMARTS) is 1. The molecule has 1 aliphatic rings. The molecule has 1 saturated carbocycles. The van der Waals surface area contributed by atoms with Crippen molar-refractivity contribution in [2.75, 3.05) is 0 Å². The van der Waals surface area contributed by atoms with Gasteiger partial charge in [0.1, 0.15) is 5.52 Å². The highest BCUT2D eigenvalue weighted by Gasteiger charge is 2.49. The SMILES string of the molecule is NC(c1ccc2ncoc2c1)C1(C(=O)O)CCC1. The van der Waals surface area contributed by atoms with Gasteiger partial charge in [-0.2, -0.15) is 0 Å². The molecule has 0 radical (unpaired) electrons. The number of aliphatic carboxylic acids is 1. The summed E-state index contributed by atoms with van der Waals surface area (Å²) in [6.07, 6.45) is 3.57. The topological polar surface area (TPSA) is 89.4 Å². The van der Waals surface area contributed by atoms with E-state index in [-0.39, 0.29) is 0 Å². The van der Waals surface area contributed by atoms with Crippen LogP contribution in [0.15, 0.2) is 29.0 Å². The largest absolute Gasteiger partial charge is 0.481 e. The third kappa shape index (κ3) is 1.44. The molecule has 18 heavy (non-hydrogen) atoms. The van der Waals surface area contributed by atoms with E-state index < -0.39 is 17.4 Å². The van der Waals surface area contributed by atoms with Crippen LogP contribution in [0.1, 0.15) is 30.9 Å².